The quantitative estimate of drug-likeness (QED) is 0.388. The van der Waals surface area contributed by atoms with E-state index in [-0.39, 0.29) is 17.1 Å². The smallest absolute Gasteiger partial charge is 0.341 e. The SMILES string of the molecule is C=C(CC)C(=O)OC(=O)C(=C)C(C)C=Cc1ccccc1.O=C(O)/C=C\C(=O)O. The lowest BCUT2D eigenvalue weighted by Crippen LogP contribution is -2.17. The number of allylic oxidation sites excluding steroid dienone is 1. The van der Waals surface area contributed by atoms with Gasteiger partial charge in [-0.15, -0.1) is 0 Å². The molecule has 1 unspecified atom stereocenters. The average molecular weight is 400 g/mol. The van der Waals surface area contributed by atoms with Gasteiger partial charge in [-0.1, -0.05) is 69.5 Å². The maximum absolute atomic E-state index is 11.8. The zero-order valence-electron chi connectivity index (χ0n) is 16.3. The molecule has 29 heavy (non-hydrogen) atoms. The standard InChI is InChI=1S/C18H20O3.C4H4O4/c1-5-13(2)17(19)21-18(20)15(4)14(3)11-12-16-9-7-6-8-10-16;5-3(6)1-2-4(7)8/h6-12,14H,2,4-5H2,1,3H3;1-2H,(H,5,6)(H,7,8)/b;2-1-. The number of ether oxygens (including phenoxy) is 1. The number of carboxylic acid groups (broad SMARTS) is 2. The number of rotatable bonds is 8. The fourth-order valence-corrected chi connectivity index (χ4v) is 1.63. The zero-order chi connectivity index (χ0) is 22.4. The minimum Gasteiger partial charge on any atom is -0.478 e. The summed E-state index contributed by atoms with van der Waals surface area (Å²) in [6.07, 6.45) is 5.31. The van der Waals surface area contributed by atoms with Gasteiger partial charge in [-0.05, 0) is 12.0 Å². The Kier molecular flexibility index (Phi) is 11.7. The van der Waals surface area contributed by atoms with Gasteiger partial charge < -0.3 is 14.9 Å². The number of hydrogen-bond donors (Lipinski definition) is 2. The lowest BCUT2D eigenvalue weighted by atomic mass is 10.0. The second-order valence-electron chi connectivity index (χ2n) is 5.73. The summed E-state index contributed by atoms with van der Waals surface area (Å²) in [5, 5.41) is 15.6. The van der Waals surface area contributed by atoms with Crippen molar-refractivity contribution in [2.45, 2.75) is 20.3 Å². The van der Waals surface area contributed by atoms with Gasteiger partial charge in [-0.25, -0.2) is 19.2 Å². The van der Waals surface area contributed by atoms with E-state index in [0.717, 1.165) is 5.56 Å². The minimum absolute atomic E-state index is 0.222. The summed E-state index contributed by atoms with van der Waals surface area (Å²) in [6.45, 7) is 10.8. The molecular weight excluding hydrogens is 376 g/mol. The molecular formula is C22H24O7. The van der Waals surface area contributed by atoms with Crippen molar-refractivity contribution in [2.24, 2.45) is 5.92 Å². The van der Waals surface area contributed by atoms with Gasteiger partial charge in [0.25, 0.3) is 0 Å². The van der Waals surface area contributed by atoms with Crippen LogP contribution in [0.1, 0.15) is 25.8 Å². The van der Waals surface area contributed by atoms with E-state index in [1.54, 1.807) is 6.92 Å². The number of carbonyl (C=O) groups excluding carboxylic acids is 2. The van der Waals surface area contributed by atoms with Gasteiger partial charge in [0.1, 0.15) is 0 Å². The molecule has 0 saturated heterocycles. The molecule has 7 heteroatoms. The third-order valence-electron chi connectivity index (χ3n) is 3.46. The highest BCUT2D eigenvalue weighted by Crippen LogP contribution is 2.15. The highest BCUT2D eigenvalue weighted by molar-refractivity contribution is 6.01. The van der Waals surface area contributed by atoms with Crippen LogP contribution in [0.2, 0.25) is 0 Å². The second-order valence-corrected chi connectivity index (χ2v) is 5.73. The Morgan fingerprint density at radius 2 is 1.52 bits per heavy atom. The van der Waals surface area contributed by atoms with Crippen LogP contribution in [0.5, 0.6) is 0 Å². The van der Waals surface area contributed by atoms with Crippen LogP contribution in [-0.4, -0.2) is 34.1 Å². The number of esters is 2. The van der Waals surface area contributed by atoms with Crippen LogP contribution < -0.4 is 0 Å². The van der Waals surface area contributed by atoms with E-state index in [4.69, 9.17) is 14.9 Å². The van der Waals surface area contributed by atoms with Crippen molar-refractivity contribution in [1.29, 1.82) is 0 Å². The van der Waals surface area contributed by atoms with Crippen LogP contribution in [0, 0.1) is 5.92 Å². The summed E-state index contributed by atoms with van der Waals surface area (Å²) < 4.78 is 4.73. The normalized spacial score (nSPS) is 11.2. The van der Waals surface area contributed by atoms with Gasteiger partial charge in [0.15, 0.2) is 0 Å². The first-order chi connectivity index (χ1) is 13.6. The minimum atomic E-state index is -1.26. The molecule has 0 amide bonds. The predicted octanol–water partition coefficient (Wildman–Crippen LogP) is 3.64. The van der Waals surface area contributed by atoms with Gasteiger partial charge >= 0.3 is 23.9 Å². The Bertz CT molecular complexity index is 801. The molecule has 0 bridgehead atoms. The molecule has 0 fully saturated rings. The van der Waals surface area contributed by atoms with Crippen molar-refractivity contribution in [1.82, 2.24) is 0 Å². The van der Waals surface area contributed by atoms with Crippen LogP contribution in [0.15, 0.2) is 72.9 Å². The molecule has 0 aromatic heterocycles. The number of carboxylic acids is 2. The number of hydrogen-bond acceptors (Lipinski definition) is 5. The van der Waals surface area contributed by atoms with Gasteiger partial charge in [0.2, 0.25) is 0 Å². The van der Waals surface area contributed by atoms with E-state index in [1.807, 2.05) is 49.4 Å². The third kappa shape index (κ3) is 11.6. The van der Waals surface area contributed by atoms with Crippen molar-refractivity contribution < 1.29 is 34.1 Å². The maximum atomic E-state index is 11.8. The summed E-state index contributed by atoms with van der Waals surface area (Å²) >= 11 is 0. The summed E-state index contributed by atoms with van der Waals surface area (Å²) in [7, 11) is 0. The van der Waals surface area contributed by atoms with Crippen LogP contribution >= 0.6 is 0 Å². The Morgan fingerprint density at radius 1 is 1.00 bits per heavy atom. The van der Waals surface area contributed by atoms with Crippen molar-refractivity contribution >= 4 is 30.0 Å². The Labute approximate surface area is 169 Å². The van der Waals surface area contributed by atoms with Crippen LogP contribution in [0.25, 0.3) is 6.08 Å². The Morgan fingerprint density at radius 3 is 1.97 bits per heavy atom. The first-order valence-electron chi connectivity index (χ1n) is 8.58. The van der Waals surface area contributed by atoms with Crippen LogP contribution in [0.3, 0.4) is 0 Å². The first-order valence-corrected chi connectivity index (χ1v) is 8.58. The summed E-state index contributed by atoms with van der Waals surface area (Å²) in [4.78, 5) is 42.4. The molecule has 0 spiro atoms. The largest absolute Gasteiger partial charge is 0.478 e. The summed E-state index contributed by atoms with van der Waals surface area (Å²) in [5.41, 5.74) is 1.53. The van der Waals surface area contributed by atoms with Gasteiger partial charge in [-0.3, -0.25) is 0 Å². The molecule has 7 nitrogen and oxygen atoms in total. The van der Waals surface area contributed by atoms with E-state index in [0.29, 0.717) is 18.6 Å². The monoisotopic (exact) mass is 400 g/mol. The van der Waals surface area contributed by atoms with Crippen molar-refractivity contribution in [3.05, 3.63) is 78.4 Å². The second kappa shape index (κ2) is 13.4. The fraction of sp³-hybridized carbons (Fsp3) is 0.182. The third-order valence-corrected chi connectivity index (χ3v) is 3.46. The molecule has 1 atom stereocenters. The molecule has 154 valence electrons. The van der Waals surface area contributed by atoms with E-state index in [2.05, 4.69) is 13.2 Å². The highest BCUT2D eigenvalue weighted by Gasteiger charge is 2.18. The van der Waals surface area contributed by atoms with Crippen molar-refractivity contribution in [3.8, 4) is 0 Å². The molecule has 0 radical (unpaired) electrons. The molecule has 0 aliphatic heterocycles. The Hall–Kier alpha value is -3.74. The van der Waals surface area contributed by atoms with Gasteiger partial charge in [0.05, 0.1) is 0 Å². The summed E-state index contributed by atoms with van der Waals surface area (Å²) in [6, 6.07) is 9.71. The van der Waals surface area contributed by atoms with Crippen molar-refractivity contribution in [2.75, 3.05) is 0 Å². The lowest BCUT2D eigenvalue weighted by molar-refractivity contribution is -0.154. The van der Waals surface area contributed by atoms with Gasteiger partial charge in [-0.2, -0.15) is 0 Å². The number of carbonyl (C=O) groups is 4. The molecule has 1 aromatic carbocycles. The molecule has 2 N–H and O–H groups in total. The highest BCUT2D eigenvalue weighted by atomic mass is 16.6. The molecule has 0 aliphatic carbocycles. The maximum Gasteiger partial charge on any atom is 0.341 e. The number of aliphatic carboxylic acids is 2. The Balaban J connectivity index is 0.000000828. The lowest BCUT2D eigenvalue weighted by Gasteiger charge is -2.09. The summed E-state index contributed by atoms with van der Waals surface area (Å²) in [5.74, 6) is -4.14. The molecule has 0 heterocycles. The fourth-order valence-electron chi connectivity index (χ4n) is 1.63. The molecule has 1 aromatic rings. The van der Waals surface area contributed by atoms with Crippen LogP contribution in [0.4, 0.5) is 0 Å². The molecule has 0 aliphatic rings. The van der Waals surface area contributed by atoms with E-state index >= 15 is 0 Å². The van der Waals surface area contributed by atoms with Crippen LogP contribution in [-0.2, 0) is 23.9 Å². The first kappa shape index (κ1) is 25.3. The predicted molar refractivity (Wildman–Crippen MR) is 109 cm³/mol. The van der Waals surface area contributed by atoms with E-state index < -0.39 is 23.9 Å². The van der Waals surface area contributed by atoms with E-state index in [9.17, 15) is 19.2 Å². The van der Waals surface area contributed by atoms with Gasteiger partial charge in [0, 0.05) is 29.2 Å². The molecule has 1 rings (SSSR count). The average Bonchev–Trinajstić information content (AvgIpc) is 2.70. The van der Waals surface area contributed by atoms with E-state index in [1.165, 1.54) is 0 Å². The zero-order valence-corrected chi connectivity index (χ0v) is 16.3. The van der Waals surface area contributed by atoms with Crippen molar-refractivity contribution in [3.63, 3.8) is 0 Å². The number of benzene rings is 1. The molecule has 0 saturated carbocycles. The topological polar surface area (TPSA) is 118 Å².